The lowest BCUT2D eigenvalue weighted by Crippen LogP contribution is -2.25. The molecule has 1 aromatic rings. The number of carbonyl (C=O) groups is 1. The number of rotatable bonds is 1. The standard InChI is InChI=1S/C10H8F3NO3/c11-10(12,13)7-5-6(15)1-2-8(7)14-9(16)3-4-17-14/h1-2,5,15H,3-4H2. The molecule has 1 fully saturated rings. The lowest BCUT2D eigenvalue weighted by Gasteiger charge is -2.19. The maximum absolute atomic E-state index is 12.7. The minimum absolute atomic E-state index is 0.0399. The molecule has 1 aliphatic heterocycles. The summed E-state index contributed by atoms with van der Waals surface area (Å²) in [7, 11) is 0. The van der Waals surface area contributed by atoms with Gasteiger partial charge in [0.05, 0.1) is 24.3 Å². The van der Waals surface area contributed by atoms with E-state index in [1.165, 1.54) is 0 Å². The second kappa shape index (κ2) is 3.92. The molecule has 0 radical (unpaired) electrons. The lowest BCUT2D eigenvalue weighted by molar-refractivity contribution is -0.137. The molecule has 4 nitrogen and oxygen atoms in total. The minimum atomic E-state index is -4.67. The lowest BCUT2D eigenvalue weighted by atomic mass is 10.1. The van der Waals surface area contributed by atoms with E-state index in [0.29, 0.717) is 11.1 Å². The van der Waals surface area contributed by atoms with Crippen LogP contribution in [0.25, 0.3) is 0 Å². The van der Waals surface area contributed by atoms with Crippen LogP contribution in [0.3, 0.4) is 0 Å². The first-order valence-corrected chi connectivity index (χ1v) is 4.75. The van der Waals surface area contributed by atoms with Gasteiger partial charge >= 0.3 is 6.18 Å². The Hall–Kier alpha value is -1.76. The molecule has 7 heteroatoms. The topological polar surface area (TPSA) is 49.8 Å². The van der Waals surface area contributed by atoms with E-state index >= 15 is 0 Å². The van der Waals surface area contributed by atoms with E-state index in [0.717, 1.165) is 12.1 Å². The molecule has 0 atom stereocenters. The van der Waals surface area contributed by atoms with Gasteiger partial charge in [-0.25, -0.2) is 0 Å². The van der Waals surface area contributed by atoms with Crippen molar-refractivity contribution in [1.29, 1.82) is 0 Å². The number of nitrogens with zero attached hydrogens (tertiary/aromatic N) is 1. The largest absolute Gasteiger partial charge is 0.508 e. The van der Waals surface area contributed by atoms with Gasteiger partial charge in [0.25, 0.3) is 5.91 Å². The van der Waals surface area contributed by atoms with Crippen LogP contribution in [0.15, 0.2) is 18.2 Å². The summed E-state index contributed by atoms with van der Waals surface area (Å²) in [5.74, 6) is -1.06. The fourth-order valence-electron chi connectivity index (χ4n) is 1.53. The molecule has 1 amide bonds. The van der Waals surface area contributed by atoms with Crippen molar-refractivity contribution in [1.82, 2.24) is 0 Å². The molecule has 0 aromatic heterocycles. The maximum atomic E-state index is 12.7. The van der Waals surface area contributed by atoms with E-state index in [2.05, 4.69) is 0 Å². The van der Waals surface area contributed by atoms with Crippen molar-refractivity contribution >= 4 is 11.6 Å². The molecule has 17 heavy (non-hydrogen) atoms. The average molecular weight is 247 g/mol. The van der Waals surface area contributed by atoms with Crippen LogP contribution in [0.4, 0.5) is 18.9 Å². The maximum Gasteiger partial charge on any atom is 0.418 e. The Labute approximate surface area is 94.2 Å². The first-order valence-electron chi connectivity index (χ1n) is 4.75. The number of amides is 1. The number of benzene rings is 1. The number of halogens is 3. The number of hydroxylamine groups is 1. The quantitative estimate of drug-likeness (QED) is 0.826. The van der Waals surface area contributed by atoms with Crippen molar-refractivity contribution < 1.29 is 27.9 Å². The van der Waals surface area contributed by atoms with Crippen LogP contribution in [0.5, 0.6) is 5.75 Å². The van der Waals surface area contributed by atoms with Gasteiger partial charge in [-0.15, -0.1) is 0 Å². The third-order valence-corrected chi connectivity index (χ3v) is 2.27. The molecular formula is C10H8F3NO3. The molecule has 92 valence electrons. The summed E-state index contributed by atoms with van der Waals surface area (Å²) >= 11 is 0. The van der Waals surface area contributed by atoms with Gasteiger partial charge in [0.15, 0.2) is 0 Å². The molecule has 0 aliphatic carbocycles. The molecular weight excluding hydrogens is 239 g/mol. The number of carbonyl (C=O) groups excluding carboxylic acids is 1. The van der Waals surface area contributed by atoms with Crippen molar-refractivity contribution in [2.75, 3.05) is 11.7 Å². The van der Waals surface area contributed by atoms with Crippen molar-refractivity contribution in [3.8, 4) is 5.75 Å². The molecule has 1 heterocycles. The van der Waals surface area contributed by atoms with Crippen LogP contribution < -0.4 is 5.06 Å². The Bertz CT molecular complexity index is 459. The number of phenols is 1. The fraction of sp³-hybridized carbons (Fsp3) is 0.300. The van der Waals surface area contributed by atoms with Crippen molar-refractivity contribution in [2.45, 2.75) is 12.6 Å². The van der Waals surface area contributed by atoms with Crippen LogP contribution in [-0.2, 0) is 15.8 Å². The number of alkyl halides is 3. The second-order valence-corrected chi connectivity index (χ2v) is 3.47. The number of hydrogen-bond acceptors (Lipinski definition) is 3. The highest BCUT2D eigenvalue weighted by Crippen LogP contribution is 2.39. The highest BCUT2D eigenvalue weighted by Gasteiger charge is 2.38. The van der Waals surface area contributed by atoms with Gasteiger partial charge in [0, 0.05) is 0 Å². The molecule has 1 N–H and O–H groups in total. The monoisotopic (exact) mass is 247 g/mol. The first kappa shape index (κ1) is 11.7. The molecule has 1 aliphatic rings. The third kappa shape index (κ3) is 2.19. The number of phenolic OH excluding ortho intramolecular Hbond substituents is 1. The van der Waals surface area contributed by atoms with Crippen molar-refractivity contribution in [2.24, 2.45) is 0 Å². The first-order chi connectivity index (χ1) is 7.89. The van der Waals surface area contributed by atoms with Gasteiger partial charge in [-0.2, -0.15) is 18.2 Å². The van der Waals surface area contributed by atoms with E-state index < -0.39 is 29.1 Å². The van der Waals surface area contributed by atoms with E-state index in [1.807, 2.05) is 0 Å². The number of hydrogen-bond donors (Lipinski definition) is 1. The summed E-state index contributed by atoms with van der Waals surface area (Å²) in [5.41, 5.74) is -1.51. The highest BCUT2D eigenvalue weighted by molar-refractivity contribution is 5.93. The molecule has 0 unspecified atom stereocenters. The van der Waals surface area contributed by atoms with Crippen molar-refractivity contribution in [3.05, 3.63) is 23.8 Å². The molecule has 0 bridgehead atoms. The number of aromatic hydroxyl groups is 1. The zero-order chi connectivity index (χ0) is 12.6. The van der Waals surface area contributed by atoms with Crippen LogP contribution in [0.2, 0.25) is 0 Å². The van der Waals surface area contributed by atoms with Gasteiger partial charge in [0.2, 0.25) is 0 Å². The third-order valence-electron chi connectivity index (χ3n) is 2.27. The molecule has 0 saturated carbocycles. The Kier molecular flexibility index (Phi) is 2.70. The average Bonchev–Trinajstić information content (AvgIpc) is 2.63. The van der Waals surface area contributed by atoms with Gasteiger partial charge in [-0.05, 0) is 18.2 Å². The summed E-state index contributed by atoms with van der Waals surface area (Å²) in [5, 5.41) is 9.68. The Morgan fingerprint density at radius 1 is 1.35 bits per heavy atom. The Morgan fingerprint density at radius 3 is 2.59 bits per heavy atom. The molecule has 1 aromatic carbocycles. The minimum Gasteiger partial charge on any atom is -0.508 e. The summed E-state index contributed by atoms with van der Waals surface area (Å²) in [6.07, 6.45) is -4.63. The number of anilines is 1. The van der Waals surface area contributed by atoms with E-state index in [9.17, 15) is 18.0 Å². The molecule has 0 spiro atoms. The van der Waals surface area contributed by atoms with Crippen LogP contribution >= 0.6 is 0 Å². The summed E-state index contributed by atoms with van der Waals surface area (Å²) < 4.78 is 38.1. The van der Waals surface area contributed by atoms with Crippen LogP contribution in [0, 0.1) is 0 Å². The van der Waals surface area contributed by atoms with Gasteiger partial charge < -0.3 is 5.11 Å². The molecule has 2 rings (SSSR count). The Morgan fingerprint density at radius 2 is 2.06 bits per heavy atom. The smallest absolute Gasteiger partial charge is 0.418 e. The predicted octanol–water partition coefficient (Wildman–Crippen LogP) is 2.08. The highest BCUT2D eigenvalue weighted by atomic mass is 19.4. The van der Waals surface area contributed by atoms with Crippen LogP contribution in [-0.4, -0.2) is 17.6 Å². The normalized spacial score (nSPS) is 16.6. The zero-order valence-corrected chi connectivity index (χ0v) is 8.49. The fourth-order valence-corrected chi connectivity index (χ4v) is 1.53. The van der Waals surface area contributed by atoms with Crippen LogP contribution in [0.1, 0.15) is 12.0 Å². The second-order valence-electron chi connectivity index (χ2n) is 3.47. The van der Waals surface area contributed by atoms with Gasteiger partial charge in [-0.3, -0.25) is 9.63 Å². The summed E-state index contributed by atoms with van der Waals surface area (Å²) in [6, 6.07) is 2.63. The SMILES string of the molecule is O=C1CCON1c1ccc(O)cc1C(F)(F)F. The predicted molar refractivity (Wildman–Crippen MR) is 51.2 cm³/mol. The zero-order valence-electron chi connectivity index (χ0n) is 8.49. The van der Waals surface area contributed by atoms with Crippen molar-refractivity contribution in [3.63, 3.8) is 0 Å². The summed E-state index contributed by atoms with van der Waals surface area (Å²) in [4.78, 5) is 16.1. The van der Waals surface area contributed by atoms with Gasteiger partial charge in [-0.1, -0.05) is 0 Å². The van der Waals surface area contributed by atoms with E-state index in [-0.39, 0.29) is 13.0 Å². The van der Waals surface area contributed by atoms with E-state index in [4.69, 9.17) is 9.94 Å². The summed E-state index contributed by atoms with van der Waals surface area (Å²) in [6.45, 7) is 0.0526. The van der Waals surface area contributed by atoms with Gasteiger partial charge in [0.1, 0.15) is 5.75 Å². The van der Waals surface area contributed by atoms with E-state index in [1.54, 1.807) is 0 Å². The Balaban J connectivity index is 2.50. The molecule has 1 saturated heterocycles.